The van der Waals surface area contributed by atoms with E-state index in [9.17, 15) is 23.3 Å². The smallest absolute Gasteiger partial charge is 0.345 e. The molecule has 1 N–H and O–H groups in total. The lowest BCUT2D eigenvalue weighted by atomic mass is 10.1. The molecule has 0 radical (unpaired) electrons. The number of anilines is 1. The predicted octanol–water partition coefficient (Wildman–Crippen LogP) is 1.37. The lowest BCUT2D eigenvalue weighted by Crippen LogP contribution is -2.40. The van der Waals surface area contributed by atoms with Gasteiger partial charge in [0, 0.05) is 18.7 Å². The molecule has 10 nitrogen and oxygen atoms in total. The number of nitro groups is 1. The second-order valence-corrected chi connectivity index (χ2v) is 8.53. The molecule has 2 heterocycles. The van der Waals surface area contributed by atoms with Crippen LogP contribution < -0.4 is 5.32 Å². The number of hydrogen-bond acceptors (Lipinski definition) is 9. The van der Waals surface area contributed by atoms with Crippen LogP contribution >= 0.6 is 11.3 Å². The van der Waals surface area contributed by atoms with Crippen LogP contribution in [0, 0.1) is 10.1 Å². The van der Waals surface area contributed by atoms with Gasteiger partial charge in [0.25, 0.3) is 0 Å². The number of nitrogens with one attached hydrogen (secondary N) is 1. The van der Waals surface area contributed by atoms with E-state index in [0.29, 0.717) is 31.9 Å². The number of carbonyl (C=O) groups is 1. The third kappa shape index (κ3) is 4.47. The molecule has 1 saturated heterocycles. The Morgan fingerprint density at radius 2 is 1.96 bits per heavy atom. The average Bonchev–Trinajstić information content (AvgIpc) is 3.16. The first-order chi connectivity index (χ1) is 12.9. The van der Waals surface area contributed by atoms with Crippen molar-refractivity contribution in [2.24, 2.45) is 0 Å². The molecule has 0 spiro atoms. The van der Waals surface area contributed by atoms with E-state index in [-0.39, 0.29) is 27.4 Å². The molecular weight excluding hydrogens is 396 g/mol. The van der Waals surface area contributed by atoms with Gasteiger partial charge >= 0.3 is 5.00 Å². The number of thiazole rings is 1. The van der Waals surface area contributed by atoms with E-state index in [1.165, 1.54) is 28.6 Å². The van der Waals surface area contributed by atoms with Crippen molar-refractivity contribution in [3.05, 3.63) is 46.1 Å². The molecule has 144 valence electrons. The Morgan fingerprint density at radius 1 is 1.30 bits per heavy atom. The lowest BCUT2D eigenvalue weighted by molar-refractivity contribution is -0.380. The third-order valence-corrected chi connectivity index (χ3v) is 6.68. The van der Waals surface area contributed by atoms with Crippen molar-refractivity contribution in [2.45, 2.75) is 4.90 Å². The summed E-state index contributed by atoms with van der Waals surface area (Å²) in [6, 6.07) is 5.68. The predicted molar refractivity (Wildman–Crippen MR) is 97.6 cm³/mol. The number of ketones is 1. The first-order valence-electron chi connectivity index (χ1n) is 7.93. The Bertz CT molecular complexity index is 935. The zero-order chi connectivity index (χ0) is 19.4. The van der Waals surface area contributed by atoms with Crippen molar-refractivity contribution in [2.75, 3.05) is 38.2 Å². The zero-order valence-corrected chi connectivity index (χ0v) is 15.7. The number of carbonyl (C=O) groups excluding carboxylic acids is 1. The van der Waals surface area contributed by atoms with E-state index in [0.717, 1.165) is 17.5 Å². The standard InChI is InChI=1S/C15H16N4O6S2/c20-13(9-16-15-17-10-14(26-15)19(21)22)11-1-3-12(4-2-11)27(23,24)18-5-7-25-8-6-18/h1-4,10H,5-9H2,(H,16,17). The summed E-state index contributed by atoms with van der Waals surface area (Å²) in [7, 11) is -3.61. The maximum Gasteiger partial charge on any atom is 0.345 e. The maximum absolute atomic E-state index is 12.5. The van der Waals surface area contributed by atoms with Crippen molar-refractivity contribution in [1.29, 1.82) is 0 Å². The molecule has 0 amide bonds. The summed E-state index contributed by atoms with van der Waals surface area (Å²) in [4.78, 5) is 26.2. The van der Waals surface area contributed by atoms with E-state index >= 15 is 0 Å². The molecule has 1 aliphatic rings. The molecule has 2 aromatic rings. The molecule has 0 saturated carbocycles. The number of Topliss-reactive ketones (excluding diaryl/α,β-unsaturated/α-hetero) is 1. The number of sulfonamides is 1. The van der Waals surface area contributed by atoms with Gasteiger partial charge in [-0.05, 0) is 35.6 Å². The number of rotatable bonds is 7. The highest BCUT2D eigenvalue weighted by molar-refractivity contribution is 7.89. The van der Waals surface area contributed by atoms with E-state index < -0.39 is 14.9 Å². The Morgan fingerprint density at radius 3 is 2.56 bits per heavy atom. The highest BCUT2D eigenvalue weighted by Gasteiger charge is 2.26. The van der Waals surface area contributed by atoms with Gasteiger partial charge in [0.15, 0.2) is 10.9 Å². The first-order valence-corrected chi connectivity index (χ1v) is 10.2. The van der Waals surface area contributed by atoms with Crippen molar-refractivity contribution in [3.63, 3.8) is 0 Å². The quantitative estimate of drug-likeness (QED) is 0.410. The van der Waals surface area contributed by atoms with Gasteiger partial charge in [-0.25, -0.2) is 13.4 Å². The minimum atomic E-state index is -3.61. The van der Waals surface area contributed by atoms with Crippen LogP contribution in [0.15, 0.2) is 35.4 Å². The van der Waals surface area contributed by atoms with Crippen LogP contribution in [-0.2, 0) is 14.8 Å². The molecule has 0 aliphatic carbocycles. The lowest BCUT2D eigenvalue weighted by Gasteiger charge is -2.26. The number of ether oxygens (including phenoxy) is 1. The van der Waals surface area contributed by atoms with E-state index in [4.69, 9.17) is 4.74 Å². The fourth-order valence-corrected chi connectivity index (χ4v) is 4.47. The van der Waals surface area contributed by atoms with Crippen LogP contribution in [0.4, 0.5) is 10.1 Å². The summed E-state index contributed by atoms with van der Waals surface area (Å²) in [5.74, 6) is -0.289. The topological polar surface area (TPSA) is 132 Å². The number of hydrogen-bond donors (Lipinski definition) is 1. The highest BCUT2D eigenvalue weighted by Crippen LogP contribution is 2.25. The van der Waals surface area contributed by atoms with E-state index in [2.05, 4.69) is 10.3 Å². The normalized spacial score (nSPS) is 15.4. The van der Waals surface area contributed by atoms with Crippen LogP contribution in [-0.4, -0.2) is 61.3 Å². The highest BCUT2D eigenvalue weighted by atomic mass is 32.2. The van der Waals surface area contributed by atoms with Crippen LogP contribution in [0.3, 0.4) is 0 Å². The first kappa shape index (κ1) is 19.4. The summed E-state index contributed by atoms with van der Waals surface area (Å²) in [6.45, 7) is 1.20. The van der Waals surface area contributed by atoms with E-state index in [1.807, 2.05) is 0 Å². The number of benzene rings is 1. The molecule has 0 atom stereocenters. The van der Waals surface area contributed by atoms with Crippen LogP contribution in [0.2, 0.25) is 0 Å². The average molecular weight is 412 g/mol. The summed E-state index contributed by atoms with van der Waals surface area (Å²) in [6.07, 6.45) is 1.11. The second-order valence-electron chi connectivity index (χ2n) is 5.58. The number of morpholine rings is 1. The van der Waals surface area contributed by atoms with Gasteiger partial charge in [-0.2, -0.15) is 4.31 Å². The molecule has 3 rings (SSSR count). The summed E-state index contributed by atoms with van der Waals surface area (Å²) < 4.78 is 31.6. The van der Waals surface area contributed by atoms with Crippen molar-refractivity contribution in [1.82, 2.24) is 9.29 Å². The molecule has 27 heavy (non-hydrogen) atoms. The molecule has 1 aliphatic heterocycles. The van der Waals surface area contributed by atoms with Gasteiger partial charge < -0.3 is 10.1 Å². The van der Waals surface area contributed by atoms with Gasteiger partial charge in [0.05, 0.1) is 29.6 Å². The number of aromatic nitrogens is 1. The van der Waals surface area contributed by atoms with Crippen LogP contribution in [0.1, 0.15) is 10.4 Å². The largest absolute Gasteiger partial charge is 0.379 e. The number of nitrogens with zero attached hydrogens (tertiary/aromatic N) is 3. The monoisotopic (exact) mass is 412 g/mol. The van der Waals surface area contributed by atoms with E-state index in [1.54, 1.807) is 0 Å². The SMILES string of the molecule is O=C(CNc1ncc([N+](=O)[O-])s1)c1ccc(S(=O)(=O)N2CCOCC2)cc1. The Labute approximate surface area is 159 Å². The molecule has 0 unspecified atom stereocenters. The second kappa shape index (κ2) is 8.08. The van der Waals surface area contributed by atoms with Gasteiger partial charge in [-0.15, -0.1) is 0 Å². The zero-order valence-electron chi connectivity index (χ0n) is 14.0. The summed E-state index contributed by atoms with van der Waals surface area (Å²) in [5, 5.41) is 13.5. The van der Waals surface area contributed by atoms with Crippen molar-refractivity contribution in [3.8, 4) is 0 Å². The molecule has 1 aromatic heterocycles. The van der Waals surface area contributed by atoms with Crippen LogP contribution in [0.25, 0.3) is 0 Å². The van der Waals surface area contributed by atoms with Crippen molar-refractivity contribution >= 4 is 37.3 Å². The summed E-state index contributed by atoms with van der Waals surface area (Å²) >= 11 is 0.831. The Hall–Kier alpha value is -2.41. The van der Waals surface area contributed by atoms with Crippen molar-refractivity contribution < 1.29 is 22.9 Å². The molecular formula is C15H16N4O6S2. The van der Waals surface area contributed by atoms with Gasteiger partial charge in [-0.3, -0.25) is 14.9 Å². The molecule has 0 bridgehead atoms. The third-order valence-electron chi connectivity index (χ3n) is 3.86. The molecule has 1 fully saturated rings. The minimum Gasteiger partial charge on any atom is -0.379 e. The molecule has 12 heteroatoms. The summed E-state index contributed by atoms with van der Waals surface area (Å²) in [5.41, 5.74) is 0.328. The minimum absolute atomic E-state index is 0.111. The fourth-order valence-electron chi connectivity index (χ4n) is 2.44. The Kier molecular flexibility index (Phi) is 5.79. The van der Waals surface area contributed by atoms with Gasteiger partial charge in [0.1, 0.15) is 6.20 Å². The van der Waals surface area contributed by atoms with Crippen LogP contribution in [0.5, 0.6) is 0 Å². The Balaban J connectivity index is 1.63. The van der Waals surface area contributed by atoms with Gasteiger partial charge in [0.2, 0.25) is 10.0 Å². The maximum atomic E-state index is 12.5. The van der Waals surface area contributed by atoms with Gasteiger partial charge in [-0.1, -0.05) is 0 Å². The molecule has 1 aromatic carbocycles. The fraction of sp³-hybridized carbons (Fsp3) is 0.333.